The number of aliphatic hydroxyl groups is 1. The van der Waals surface area contributed by atoms with Crippen LogP contribution in [0.1, 0.15) is 19.3 Å². The van der Waals surface area contributed by atoms with Gasteiger partial charge in [0.05, 0.1) is 6.10 Å². The molecule has 2 N–H and O–H groups in total. The molecule has 1 aromatic carbocycles. The van der Waals surface area contributed by atoms with Gasteiger partial charge in [-0.2, -0.15) is 0 Å². The SMILES string of the molecule is O=C(Nc1ccccc1)O[C@H]1CCC[C@H]1O. The standard InChI is InChI=1S/C12H15NO3/c14-10-7-4-8-11(10)16-12(15)13-9-5-2-1-3-6-9/h1-3,5-6,10-11,14H,4,7-8H2,(H,13,15)/t10-,11+/m1/s1. The Balaban J connectivity index is 1.85. The van der Waals surface area contributed by atoms with Crippen molar-refractivity contribution in [3.8, 4) is 0 Å². The number of carbonyl (C=O) groups is 1. The van der Waals surface area contributed by atoms with Crippen LogP contribution in [0.25, 0.3) is 0 Å². The highest BCUT2D eigenvalue weighted by Crippen LogP contribution is 2.22. The van der Waals surface area contributed by atoms with Gasteiger partial charge in [0.2, 0.25) is 0 Å². The quantitative estimate of drug-likeness (QED) is 0.804. The number of nitrogens with one attached hydrogen (secondary N) is 1. The minimum Gasteiger partial charge on any atom is -0.443 e. The lowest BCUT2D eigenvalue weighted by molar-refractivity contribution is 0.0287. The molecule has 0 aliphatic heterocycles. The van der Waals surface area contributed by atoms with E-state index in [1.165, 1.54) is 0 Å². The maximum atomic E-state index is 11.5. The Bertz CT molecular complexity index is 353. The zero-order chi connectivity index (χ0) is 11.4. The molecule has 4 heteroatoms. The van der Waals surface area contributed by atoms with Gasteiger partial charge in [-0.05, 0) is 31.4 Å². The Morgan fingerprint density at radius 2 is 2.06 bits per heavy atom. The zero-order valence-electron chi connectivity index (χ0n) is 8.93. The van der Waals surface area contributed by atoms with E-state index in [0.717, 1.165) is 12.8 Å². The second-order valence-electron chi connectivity index (χ2n) is 3.93. The molecule has 2 atom stereocenters. The van der Waals surface area contributed by atoms with Crippen molar-refractivity contribution in [2.75, 3.05) is 5.32 Å². The first kappa shape index (κ1) is 11.0. The van der Waals surface area contributed by atoms with Crippen LogP contribution in [-0.2, 0) is 4.74 Å². The summed E-state index contributed by atoms with van der Waals surface area (Å²) in [5.41, 5.74) is 0.694. The average molecular weight is 221 g/mol. The Morgan fingerprint density at radius 3 is 2.69 bits per heavy atom. The number of anilines is 1. The van der Waals surface area contributed by atoms with E-state index in [1.807, 2.05) is 18.2 Å². The molecular weight excluding hydrogens is 206 g/mol. The van der Waals surface area contributed by atoms with Gasteiger partial charge >= 0.3 is 6.09 Å². The molecule has 0 unspecified atom stereocenters. The second kappa shape index (κ2) is 4.99. The number of carbonyl (C=O) groups excluding carboxylic acids is 1. The smallest absolute Gasteiger partial charge is 0.411 e. The molecule has 0 heterocycles. The highest BCUT2D eigenvalue weighted by atomic mass is 16.6. The normalized spacial score (nSPS) is 24.1. The van der Waals surface area contributed by atoms with E-state index in [9.17, 15) is 9.90 Å². The third-order valence-electron chi connectivity index (χ3n) is 2.70. The largest absolute Gasteiger partial charge is 0.443 e. The Morgan fingerprint density at radius 1 is 1.31 bits per heavy atom. The molecule has 1 aliphatic rings. The van der Waals surface area contributed by atoms with Crippen molar-refractivity contribution in [1.82, 2.24) is 0 Å². The number of ether oxygens (including phenoxy) is 1. The van der Waals surface area contributed by atoms with Crippen molar-refractivity contribution in [3.63, 3.8) is 0 Å². The summed E-state index contributed by atoms with van der Waals surface area (Å²) in [6, 6.07) is 9.11. The maximum absolute atomic E-state index is 11.5. The average Bonchev–Trinajstić information content (AvgIpc) is 2.66. The lowest BCUT2D eigenvalue weighted by Crippen LogP contribution is -2.28. The number of benzene rings is 1. The fourth-order valence-electron chi connectivity index (χ4n) is 1.85. The topological polar surface area (TPSA) is 58.6 Å². The second-order valence-corrected chi connectivity index (χ2v) is 3.93. The predicted molar refractivity (Wildman–Crippen MR) is 60.2 cm³/mol. The van der Waals surface area contributed by atoms with Gasteiger partial charge in [-0.15, -0.1) is 0 Å². The van der Waals surface area contributed by atoms with Gasteiger partial charge in [-0.1, -0.05) is 18.2 Å². The van der Waals surface area contributed by atoms with Crippen molar-refractivity contribution in [2.24, 2.45) is 0 Å². The minimum absolute atomic E-state index is 0.358. The summed E-state index contributed by atoms with van der Waals surface area (Å²) in [7, 11) is 0. The van der Waals surface area contributed by atoms with Gasteiger partial charge in [0, 0.05) is 5.69 Å². The van der Waals surface area contributed by atoms with Crippen molar-refractivity contribution in [2.45, 2.75) is 31.5 Å². The third kappa shape index (κ3) is 2.73. The number of rotatable bonds is 2. The van der Waals surface area contributed by atoms with Gasteiger partial charge in [0.25, 0.3) is 0 Å². The van der Waals surface area contributed by atoms with Crippen LogP contribution in [0, 0.1) is 0 Å². The van der Waals surface area contributed by atoms with E-state index in [2.05, 4.69) is 5.32 Å². The van der Waals surface area contributed by atoms with Gasteiger partial charge in [-0.25, -0.2) is 4.79 Å². The predicted octanol–water partition coefficient (Wildman–Crippen LogP) is 2.15. The summed E-state index contributed by atoms with van der Waals surface area (Å²) in [4.78, 5) is 11.5. The summed E-state index contributed by atoms with van der Waals surface area (Å²) >= 11 is 0. The molecule has 1 aromatic rings. The fraction of sp³-hybridized carbons (Fsp3) is 0.417. The van der Waals surface area contributed by atoms with Crippen molar-refractivity contribution >= 4 is 11.8 Å². The summed E-state index contributed by atoms with van der Waals surface area (Å²) in [5.74, 6) is 0. The number of hydrogen-bond donors (Lipinski definition) is 2. The van der Waals surface area contributed by atoms with E-state index in [0.29, 0.717) is 12.1 Å². The molecule has 0 radical (unpaired) electrons. The molecular formula is C12H15NO3. The number of amides is 1. The maximum Gasteiger partial charge on any atom is 0.411 e. The molecule has 4 nitrogen and oxygen atoms in total. The van der Waals surface area contributed by atoms with Crippen LogP contribution >= 0.6 is 0 Å². The van der Waals surface area contributed by atoms with E-state index in [4.69, 9.17) is 4.74 Å². The number of aliphatic hydroxyl groups excluding tert-OH is 1. The molecule has 1 fully saturated rings. The Hall–Kier alpha value is -1.55. The van der Waals surface area contributed by atoms with Crippen molar-refractivity contribution < 1.29 is 14.6 Å². The molecule has 1 saturated carbocycles. The van der Waals surface area contributed by atoms with E-state index >= 15 is 0 Å². The van der Waals surface area contributed by atoms with Gasteiger partial charge < -0.3 is 9.84 Å². The van der Waals surface area contributed by atoms with Crippen LogP contribution in [0.4, 0.5) is 10.5 Å². The molecule has 2 rings (SSSR count). The monoisotopic (exact) mass is 221 g/mol. The van der Waals surface area contributed by atoms with Gasteiger partial charge in [-0.3, -0.25) is 5.32 Å². The Kier molecular flexibility index (Phi) is 3.41. The van der Waals surface area contributed by atoms with Crippen molar-refractivity contribution in [1.29, 1.82) is 0 Å². The van der Waals surface area contributed by atoms with Crippen LogP contribution in [-0.4, -0.2) is 23.4 Å². The first-order chi connectivity index (χ1) is 7.75. The van der Waals surface area contributed by atoms with Crippen LogP contribution < -0.4 is 5.32 Å². The molecule has 1 aliphatic carbocycles. The van der Waals surface area contributed by atoms with E-state index < -0.39 is 12.2 Å². The summed E-state index contributed by atoms with van der Waals surface area (Å²) < 4.78 is 5.13. The highest BCUT2D eigenvalue weighted by molar-refractivity contribution is 5.84. The molecule has 0 bridgehead atoms. The molecule has 86 valence electrons. The van der Waals surface area contributed by atoms with Gasteiger partial charge in [0.15, 0.2) is 0 Å². The lowest BCUT2D eigenvalue weighted by atomic mass is 10.3. The number of hydrogen-bond acceptors (Lipinski definition) is 3. The van der Waals surface area contributed by atoms with Crippen LogP contribution in [0.2, 0.25) is 0 Å². The fourth-order valence-corrected chi connectivity index (χ4v) is 1.85. The lowest BCUT2D eigenvalue weighted by Gasteiger charge is -2.15. The Labute approximate surface area is 94.2 Å². The summed E-state index contributed by atoms with van der Waals surface area (Å²) in [5, 5.41) is 12.1. The van der Waals surface area contributed by atoms with Crippen LogP contribution in [0.5, 0.6) is 0 Å². The molecule has 0 saturated heterocycles. The van der Waals surface area contributed by atoms with Crippen molar-refractivity contribution in [3.05, 3.63) is 30.3 Å². The highest BCUT2D eigenvalue weighted by Gasteiger charge is 2.28. The van der Waals surface area contributed by atoms with Crippen LogP contribution in [0.15, 0.2) is 30.3 Å². The first-order valence-electron chi connectivity index (χ1n) is 5.46. The van der Waals surface area contributed by atoms with E-state index in [1.54, 1.807) is 12.1 Å². The minimum atomic E-state index is -0.512. The number of para-hydroxylation sites is 1. The third-order valence-corrected chi connectivity index (χ3v) is 2.70. The van der Waals surface area contributed by atoms with Crippen LogP contribution in [0.3, 0.4) is 0 Å². The summed E-state index contributed by atoms with van der Waals surface area (Å²) in [6.45, 7) is 0. The first-order valence-corrected chi connectivity index (χ1v) is 5.46. The van der Waals surface area contributed by atoms with Gasteiger partial charge in [0.1, 0.15) is 6.10 Å². The molecule has 16 heavy (non-hydrogen) atoms. The summed E-state index contributed by atoms with van der Waals surface area (Å²) in [6.07, 6.45) is 0.985. The molecule has 1 amide bonds. The molecule has 0 spiro atoms. The van der Waals surface area contributed by atoms with E-state index in [-0.39, 0.29) is 6.10 Å². The molecule has 0 aromatic heterocycles. The zero-order valence-corrected chi connectivity index (χ0v) is 8.93.